The minimum Gasteiger partial charge on any atom is -0.461 e. The summed E-state index contributed by atoms with van der Waals surface area (Å²) >= 11 is 0. The average Bonchev–Trinajstić information content (AvgIpc) is 3.41. The number of carbonyl (C=O) groups is 1. The fourth-order valence-electron chi connectivity index (χ4n) is 5.94. The number of piperidine rings is 1. The zero-order valence-corrected chi connectivity index (χ0v) is 18.7. The molecule has 6 heteroatoms. The van der Waals surface area contributed by atoms with Gasteiger partial charge in [0.15, 0.2) is 0 Å². The van der Waals surface area contributed by atoms with Crippen molar-refractivity contribution in [2.24, 2.45) is 11.8 Å². The summed E-state index contributed by atoms with van der Waals surface area (Å²) in [6, 6.07) is 7.70. The molecular weight excluding hydrogens is 390 g/mol. The number of fused-ring (bicyclic) bond motifs is 1. The molecule has 1 saturated heterocycles. The molecule has 1 aromatic carbocycles. The fourth-order valence-corrected chi connectivity index (χ4v) is 5.94. The molecule has 166 valence electrons. The van der Waals surface area contributed by atoms with Crippen molar-refractivity contribution in [1.82, 2.24) is 14.5 Å². The van der Waals surface area contributed by atoms with Gasteiger partial charge in [-0.25, -0.2) is 9.78 Å². The van der Waals surface area contributed by atoms with Crippen LogP contribution in [0.15, 0.2) is 29.1 Å². The van der Waals surface area contributed by atoms with Crippen LogP contribution in [-0.4, -0.2) is 45.7 Å². The van der Waals surface area contributed by atoms with Gasteiger partial charge in [0.2, 0.25) is 5.69 Å². The van der Waals surface area contributed by atoms with E-state index in [1.165, 1.54) is 32.1 Å². The molecule has 3 fully saturated rings. The van der Waals surface area contributed by atoms with E-state index in [-0.39, 0.29) is 23.9 Å². The molecule has 31 heavy (non-hydrogen) atoms. The van der Waals surface area contributed by atoms with Crippen LogP contribution in [0.25, 0.3) is 11.0 Å². The molecule has 2 saturated carbocycles. The van der Waals surface area contributed by atoms with Crippen molar-refractivity contribution in [2.45, 2.75) is 70.4 Å². The lowest BCUT2D eigenvalue weighted by atomic mass is 9.79. The third-order valence-corrected chi connectivity index (χ3v) is 8.01. The van der Waals surface area contributed by atoms with Crippen LogP contribution in [0.5, 0.6) is 0 Å². The van der Waals surface area contributed by atoms with E-state index >= 15 is 0 Å². The van der Waals surface area contributed by atoms with Gasteiger partial charge in [0.1, 0.15) is 0 Å². The first kappa shape index (κ1) is 20.7. The number of likely N-dealkylation sites (tertiary alicyclic amines) is 1. The van der Waals surface area contributed by atoms with Gasteiger partial charge in [-0.3, -0.25) is 9.69 Å². The van der Waals surface area contributed by atoms with Crippen molar-refractivity contribution >= 4 is 17.0 Å². The van der Waals surface area contributed by atoms with Crippen LogP contribution in [-0.2, 0) is 4.74 Å². The lowest BCUT2D eigenvalue weighted by Gasteiger charge is -2.42. The minimum atomic E-state index is -0.629. The molecular formula is C25H33N3O3. The minimum absolute atomic E-state index is 0.0830. The fraction of sp³-hybridized carbons (Fsp3) is 0.640. The van der Waals surface area contributed by atoms with E-state index in [9.17, 15) is 9.59 Å². The van der Waals surface area contributed by atoms with Crippen molar-refractivity contribution in [1.29, 1.82) is 0 Å². The maximum absolute atomic E-state index is 13.3. The Labute approximate surface area is 183 Å². The van der Waals surface area contributed by atoms with Crippen molar-refractivity contribution in [2.75, 3.05) is 19.7 Å². The van der Waals surface area contributed by atoms with Gasteiger partial charge in [-0.05, 0) is 56.6 Å². The maximum Gasteiger partial charge on any atom is 0.362 e. The number of aromatic nitrogens is 2. The van der Waals surface area contributed by atoms with Crippen LogP contribution in [0.3, 0.4) is 0 Å². The Balaban J connectivity index is 1.41. The Hall–Kier alpha value is -2.21. The quantitative estimate of drug-likeness (QED) is 0.652. The Morgan fingerprint density at radius 1 is 1.19 bits per heavy atom. The van der Waals surface area contributed by atoms with Crippen LogP contribution in [0.4, 0.5) is 0 Å². The highest BCUT2D eigenvalue weighted by Gasteiger charge is 2.56. The zero-order valence-electron chi connectivity index (χ0n) is 18.7. The van der Waals surface area contributed by atoms with Crippen LogP contribution in [0.2, 0.25) is 0 Å². The summed E-state index contributed by atoms with van der Waals surface area (Å²) in [6.07, 6.45) is 8.73. The monoisotopic (exact) mass is 423 g/mol. The third-order valence-electron chi connectivity index (χ3n) is 8.01. The molecule has 2 heterocycles. The van der Waals surface area contributed by atoms with E-state index in [4.69, 9.17) is 4.74 Å². The van der Waals surface area contributed by atoms with Crippen LogP contribution in [0.1, 0.15) is 75.3 Å². The molecule has 1 aliphatic heterocycles. The van der Waals surface area contributed by atoms with Crippen molar-refractivity contribution in [3.63, 3.8) is 0 Å². The summed E-state index contributed by atoms with van der Waals surface area (Å²) in [6.45, 7) is 6.40. The van der Waals surface area contributed by atoms with E-state index in [1.807, 2.05) is 28.8 Å². The normalized spacial score (nSPS) is 27.2. The smallest absolute Gasteiger partial charge is 0.362 e. The Kier molecular flexibility index (Phi) is 5.37. The number of carbonyl (C=O) groups excluding carboxylic acids is 1. The van der Waals surface area contributed by atoms with E-state index in [1.54, 1.807) is 6.92 Å². The number of benzene rings is 1. The average molecular weight is 424 g/mol. The number of hydrogen-bond donors (Lipinski definition) is 0. The van der Waals surface area contributed by atoms with Gasteiger partial charge in [0.05, 0.1) is 17.6 Å². The predicted octanol–water partition coefficient (Wildman–Crippen LogP) is 4.18. The maximum atomic E-state index is 13.3. The summed E-state index contributed by atoms with van der Waals surface area (Å²) in [7, 11) is 0. The molecule has 0 bridgehead atoms. The molecule has 6 nitrogen and oxygen atoms in total. The lowest BCUT2D eigenvalue weighted by molar-refractivity contribution is 0.0515. The molecule has 3 aliphatic rings. The largest absolute Gasteiger partial charge is 0.461 e. The lowest BCUT2D eigenvalue weighted by Crippen LogP contribution is -2.47. The summed E-state index contributed by atoms with van der Waals surface area (Å²) in [5.41, 5.74) is 1.46. The molecule has 0 spiro atoms. The Morgan fingerprint density at radius 3 is 2.52 bits per heavy atom. The molecule has 1 unspecified atom stereocenters. The van der Waals surface area contributed by atoms with Gasteiger partial charge in [0, 0.05) is 24.7 Å². The van der Waals surface area contributed by atoms with Crippen LogP contribution >= 0.6 is 0 Å². The number of nitrogens with zero attached hydrogens (tertiary/aromatic N) is 3. The van der Waals surface area contributed by atoms with Crippen molar-refractivity contribution < 1.29 is 9.53 Å². The molecule has 0 radical (unpaired) electrons. The SMILES string of the molecule is CCOC(=O)c1nc2ccccc2n(C2CCN(C3(CC4CCC4)C[C@@H]3C)CC2)c1=O. The van der Waals surface area contributed by atoms with Gasteiger partial charge >= 0.3 is 5.97 Å². The summed E-state index contributed by atoms with van der Waals surface area (Å²) in [5, 5.41) is 0. The second-order valence-electron chi connectivity index (χ2n) is 9.77. The van der Waals surface area contributed by atoms with E-state index < -0.39 is 5.97 Å². The van der Waals surface area contributed by atoms with Gasteiger partial charge in [-0.2, -0.15) is 0 Å². The van der Waals surface area contributed by atoms with Crippen LogP contribution < -0.4 is 5.56 Å². The highest BCUT2D eigenvalue weighted by atomic mass is 16.5. The number of para-hydroxylation sites is 2. The van der Waals surface area contributed by atoms with Crippen molar-refractivity contribution in [3.05, 3.63) is 40.3 Å². The summed E-state index contributed by atoms with van der Waals surface area (Å²) in [5.74, 6) is 1.07. The van der Waals surface area contributed by atoms with Gasteiger partial charge in [-0.1, -0.05) is 38.3 Å². The second-order valence-corrected chi connectivity index (χ2v) is 9.77. The molecule has 0 amide bonds. The number of hydrogen-bond acceptors (Lipinski definition) is 5. The van der Waals surface area contributed by atoms with E-state index in [2.05, 4.69) is 16.8 Å². The first-order valence-electron chi connectivity index (χ1n) is 12.0. The number of rotatable bonds is 6. The van der Waals surface area contributed by atoms with Crippen LogP contribution in [0, 0.1) is 11.8 Å². The highest BCUT2D eigenvalue weighted by Crippen LogP contribution is 2.55. The molecule has 0 N–H and O–H groups in total. The Bertz CT molecular complexity index is 1040. The Morgan fingerprint density at radius 2 is 1.90 bits per heavy atom. The highest BCUT2D eigenvalue weighted by molar-refractivity contribution is 5.89. The topological polar surface area (TPSA) is 64.4 Å². The zero-order chi connectivity index (χ0) is 21.6. The summed E-state index contributed by atoms with van der Waals surface area (Å²) < 4.78 is 6.93. The van der Waals surface area contributed by atoms with E-state index in [0.717, 1.165) is 43.3 Å². The number of esters is 1. The number of ether oxygens (including phenoxy) is 1. The molecule has 2 aliphatic carbocycles. The second kappa shape index (κ2) is 8.05. The van der Waals surface area contributed by atoms with Crippen molar-refractivity contribution in [3.8, 4) is 0 Å². The van der Waals surface area contributed by atoms with Gasteiger partial charge < -0.3 is 9.30 Å². The third kappa shape index (κ3) is 3.59. The summed E-state index contributed by atoms with van der Waals surface area (Å²) in [4.78, 5) is 32.8. The molecule has 1 aromatic heterocycles. The molecule has 2 atom stereocenters. The van der Waals surface area contributed by atoms with Gasteiger partial charge in [-0.15, -0.1) is 0 Å². The molecule has 5 rings (SSSR count). The van der Waals surface area contributed by atoms with E-state index in [0.29, 0.717) is 11.1 Å². The first-order chi connectivity index (χ1) is 15.0. The first-order valence-corrected chi connectivity index (χ1v) is 12.0. The standard InChI is InChI=1S/C25H33N3O3/c1-3-31-24(30)22-23(29)28(21-10-5-4-9-20(21)26-22)19-11-13-27(14-12-19)25(15-17(25)2)16-18-7-6-8-18/h4-5,9-10,17-19H,3,6-8,11-16H2,1-2H3/t17-,25?/m0/s1. The molecule has 2 aromatic rings. The predicted molar refractivity (Wildman–Crippen MR) is 120 cm³/mol. The van der Waals surface area contributed by atoms with Gasteiger partial charge in [0.25, 0.3) is 5.56 Å².